The molecule has 2 rings (SSSR count). The van der Waals surface area contributed by atoms with Crippen LogP contribution in [0.15, 0.2) is 23.5 Å². The summed E-state index contributed by atoms with van der Waals surface area (Å²) < 4.78 is 41.7. The molecule has 1 N–H and O–H groups in total. The highest BCUT2D eigenvalue weighted by molar-refractivity contribution is 7.92. The molecule has 0 aliphatic carbocycles. The van der Waals surface area contributed by atoms with Gasteiger partial charge in [-0.1, -0.05) is 11.6 Å². The van der Waals surface area contributed by atoms with Gasteiger partial charge in [-0.3, -0.25) is 4.72 Å². The molecule has 0 unspecified atom stereocenters. The van der Waals surface area contributed by atoms with Crippen LogP contribution < -0.4 is 4.72 Å². The van der Waals surface area contributed by atoms with Crippen molar-refractivity contribution < 1.29 is 12.8 Å². The number of aromatic nitrogens is 3. The second-order valence-electron chi connectivity index (χ2n) is 3.98. The van der Waals surface area contributed by atoms with Gasteiger partial charge in [0.2, 0.25) is 0 Å². The highest BCUT2D eigenvalue weighted by Gasteiger charge is 2.21. The Morgan fingerprint density at radius 3 is 2.80 bits per heavy atom. The van der Waals surface area contributed by atoms with Gasteiger partial charge >= 0.3 is 0 Å². The Morgan fingerprint density at radius 2 is 2.20 bits per heavy atom. The van der Waals surface area contributed by atoms with Crippen LogP contribution in [0.25, 0.3) is 0 Å². The summed E-state index contributed by atoms with van der Waals surface area (Å²) in [6, 6.07) is 1.18. The average molecular weight is 319 g/mol. The first kappa shape index (κ1) is 14.7. The second-order valence-corrected chi connectivity index (χ2v) is 5.97. The van der Waals surface area contributed by atoms with Gasteiger partial charge in [-0.25, -0.2) is 14.4 Å². The molecule has 0 amide bonds. The summed E-state index contributed by atoms with van der Waals surface area (Å²) in [6.45, 7) is 4.14. The molecule has 2 aromatic rings. The number of nitrogens with zero attached hydrogens (tertiary/aromatic N) is 3. The Labute approximate surface area is 120 Å². The van der Waals surface area contributed by atoms with Crippen LogP contribution in [0.2, 0.25) is 5.15 Å². The highest BCUT2D eigenvalue weighted by atomic mass is 35.5. The summed E-state index contributed by atoms with van der Waals surface area (Å²) in [4.78, 5) is 7.45. The molecule has 0 bridgehead atoms. The summed E-state index contributed by atoms with van der Waals surface area (Å²) >= 11 is 5.50. The van der Waals surface area contributed by atoms with Gasteiger partial charge < -0.3 is 4.57 Å². The molecule has 20 heavy (non-hydrogen) atoms. The third kappa shape index (κ3) is 2.75. The van der Waals surface area contributed by atoms with E-state index >= 15 is 0 Å². The van der Waals surface area contributed by atoms with E-state index in [4.69, 9.17) is 11.6 Å². The number of anilines is 1. The van der Waals surface area contributed by atoms with E-state index in [-0.39, 0.29) is 10.7 Å². The molecule has 0 radical (unpaired) electrons. The third-order valence-electron chi connectivity index (χ3n) is 2.66. The second kappa shape index (κ2) is 5.37. The maximum absolute atomic E-state index is 13.7. The maximum atomic E-state index is 13.7. The molecular weight excluding hydrogens is 307 g/mol. The Bertz CT molecular complexity index is 745. The molecule has 0 saturated heterocycles. The van der Waals surface area contributed by atoms with Gasteiger partial charge in [-0.2, -0.15) is 8.42 Å². The van der Waals surface area contributed by atoms with Crippen molar-refractivity contribution in [2.24, 2.45) is 0 Å². The van der Waals surface area contributed by atoms with E-state index < -0.39 is 21.0 Å². The molecule has 0 aliphatic rings. The van der Waals surface area contributed by atoms with Crippen LogP contribution in [0.3, 0.4) is 0 Å². The number of nitrogens with one attached hydrogen (secondary N) is 1. The lowest BCUT2D eigenvalue weighted by molar-refractivity contribution is 0.595. The minimum Gasteiger partial charge on any atom is -0.334 e. The van der Waals surface area contributed by atoms with Gasteiger partial charge in [0.25, 0.3) is 10.0 Å². The monoisotopic (exact) mass is 318 g/mol. The Morgan fingerprint density at radius 1 is 1.50 bits per heavy atom. The van der Waals surface area contributed by atoms with Crippen LogP contribution in [0.4, 0.5) is 10.1 Å². The Balaban J connectivity index is 2.38. The van der Waals surface area contributed by atoms with E-state index in [1.807, 2.05) is 6.92 Å². The number of sulfonamides is 1. The SMILES string of the molecule is CCn1cc(S(=O)(=O)Nc2ccnc(Cl)c2F)nc1C. The van der Waals surface area contributed by atoms with E-state index in [0.29, 0.717) is 12.4 Å². The predicted molar refractivity (Wildman–Crippen MR) is 72.7 cm³/mol. The molecular formula is C11H12ClFN4O2S. The fraction of sp³-hybridized carbons (Fsp3) is 0.273. The van der Waals surface area contributed by atoms with Gasteiger partial charge in [-0.05, 0) is 19.9 Å². The molecule has 108 valence electrons. The highest BCUT2D eigenvalue weighted by Crippen LogP contribution is 2.22. The molecule has 0 spiro atoms. The molecule has 0 atom stereocenters. The van der Waals surface area contributed by atoms with Crippen LogP contribution in [0.5, 0.6) is 0 Å². The standard InChI is InChI=1S/C11H12ClFN4O2S/c1-3-17-6-9(15-7(17)2)20(18,19)16-8-4-5-14-11(12)10(8)13/h4-6H,3H2,1-2H3,(H,14,16). The first-order chi connectivity index (χ1) is 9.35. The summed E-state index contributed by atoms with van der Waals surface area (Å²) in [5, 5.41) is -0.579. The van der Waals surface area contributed by atoms with Gasteiger partial charge in [0.15, 0.2) is 16.0 Å². The Kier molecular flexibility index (Phi) is 3.96. The van der Waals surface area contributed by atoms with Crippen LogP contribution in [0, 0.1) is 12.7 Å². The first-order valence-electron chi connectivity index (χ1n) is 5.71. The van der Waals surface area contributed by atoms with Crippen molar-refractivity contribution in [1.29, 1.82) is 0 Å². The van der Waals surface area contributed by atoms with Crippen molar-refractivity contribution in [3.8, 4) is 0 Å². The molecule has 2 aromatic heterocycles. The van der Waals surface area contributed by atoms with E-state index in [0.717, 1.165) is 0 Å². The molecule has 0 fully saturated rings. The molecule has 0 aliphatic heterocycles. The van der Waals surface area contributed by atoms with Crippen molar-refractivity contribution in [2.45, 2.75) is 25.4 Å². The number of hydrogen-bond donors (Lipinski definition) is 1. The molecule has 6 nitrogen and oxygen atoms in total. The molecule has 9 heteroatoms. The quantitative estimate of drug-likeness (QED) is 0.877. The third-order valence-corrected chi connectivity index (χ3v) is 4.16. The number of rotatable bonds is 4. The van der Waals surface area contributed by atoms with Crippen molar-refractivity contribution in [3.05, 3.63) is 35.3 Å². The normalized spacial score (nSPS) is 11.6. The maximum Gasteiger partial charge on any atom is 0.281 e. The van der Waals surface area contributed by atoms with Crippen molar-refractivity contribution in [2.75, 3.05) is 4.72 Å². The van der Waals surface area contributed by atoms with Crippen LogP contribution in [0.1, 0.15) is 12.7 Å². The summed E-state index contributed by atoms with van der Waals surface area (Å²) in [5.74, 6) is -0.370. The number of halogens is 2. The summed E-state index contributed by atoms with van der Waals surface area (Å²) in [5.41, 5.74) is -0.270. The lowest BCUT2D eigenvalue weighted by atomic mass is 10.4. The zero-order valence-electron chi connectivity index (χ0n) is 10.8. The molecule has 0 aromatic carbocycles. The zero-order valence-corrected chi connectivity index (χ0v) is 12.3. The van der Waals surface area contributed by atoms with Gasteiger partial charge in [0, 0.05) is 18.9 Å². The van der Waals surface area contributed by atoms with Gasteiger partial charge in [0.1, 0.15) is 5.82 Å². The summed E-state index contributed by atoms with van der Waals surface area (Å²) in [6.07, 6.45) is 2.59. The van der Waals surface area contributed by atoms with Crippen LogP contribution in [-0.2, 0) is 16.6 Å². The van der Waals surface area contributed by atoms with E-state index in [1.54, 1.807) is 11.5 Å². The van der Waals surface area contributed by atoms with Crippen LogP contribution >= 0.6 is 11.6 Å². The smallest absolute Gasteiger partial charge is 0.281 e. The van der Waals surface area contributed by atoms with E-state index in [2.05, 4.69) is 14.7 Å². The fourth-order valence-corrected chi connectivity index (χ4v) is 2.85. The topological polar surface area (TPSA) is 76.9 Å². The predicted octanol–water partition coefficient (Wildman–Crippen LogP) is 2.20. The van der Waals surface area contributed by atoms with Gasteiger partial charge in [0.05, 0.1) is 5.69 Å². The first-order valence-corrected chi connectivity index (χ1v) is 7.58. The minimum absolute atomic E-state index is 0.177. The number of imidazole rings is 1. The van der Waals surface area contributed by atoms with Crippen molar-refractivity contribution >= 4 is 27.3 Å². The average Bonchev–Trinajstić information content (AvgIpc) is 2.77. The van der Waals surface area contributed by atoms with E-state index in [9.17, 15) is 12.8 Å². The zero-order chi connectivity index (χ0) is 14.9. The largest absolute Gasteiger partial charge is 0.334 e. The van der Waals surface area contributed by atoms with Crippen molar-refractivity contribution in [1.82, 2.24) is 14.5 Å². The van der Waals surface area contributed by atoms with Crippen LogP contribution in [-0.4, -0.2) is 23.0 Å². The van der Waals surface area contributed by atoms with Gasteiger partial charge in [-0.15, -0.1) is 0 Å². The lowest BCUT2D eigenvalue weighted by Crippen LogP contribution is -2.14. The number of pyridine rings is 1. The number of aryl methyl sites for hydroxylation is 2. The molecule has 0 saturated carbocycles. The minimum atomic E-state index is -3.97. The number of hydrogen-bond acceptors (Lipinski definition) is 4. The molecule has 2 heterocycles. The fourth-order valence-electron chi connectivity index (χ4n) is 1.62. The lowest BCUT2D eigenvalue weighted by Gasteiger charge is -2.06. The van der Waals surface area contributed by atoms with Crippen molar-refractivity contribution in [3.63, 3.8) is 0 Å². The van der Waals surface area contributed by atoms with E-state index in [1.165, 1.54) is 18.5 Å². The summed E-state index contributed by atoms with van der Waals surface area (Å²) in [7, 11) is -3.97. The Hall–Kier alpha value is -1.67.